The van der Waals surface area contributed by atoms with E-state index in [-0.39, 0.29) is 0 Å². The Kier molecular flexibility index (Phi) is 17.4. The average Bonchev–Trinajstić information content (AvgIpc) is 3.79. The molecule has 12 rings (SSSR count). The van der Waals surface area contributed by atoms with Gasteiger partial charge in [-0.25, -0.2) is 0 Å². The molecule has 0 radical (unpaired) electrons. The number of benzene rings is 6. The summed E-state index contributed by atoms with van der Waals surface area (Å²) in [6, 6.07) is 53.6. The number of alkyl halides is 12. The van der Waals surface area contributed by atoms with Gasteiger partial charge in [0.1, 0.15) is 46.9 Å². The normalized spacial score (nSPS) is 13.8. The second-order valence-electron chi connectivity index (χ2n) is 14.3. The van der Waals surface area contributed by atoms with Gasteiger partial charge in [0.25, 0.3) is 0 Å². The van der Waals surface area contributed by atoms with Crippen molar-refractivity contribution >= 4 is 196 Å². The van der Waals surface area contributed by atoms with Crippen molar-refractivity contribution in [2.75, 3.05) is 0 Å². The van der Waals surface area contributed by atoms with E-state index >= 15 is 0 Å². The van der Waals surface area contributed by atoms with Crippen LogP contribution in [0.3, 0.4) is 0 Å². The number of halogens is 12. The van der Waals surface area contributed by atoms with Gasteiger partial charge >= 0.3 is 13.0 Å². The van der Waals surface area contributed by atoms with E-state index in [1.807, 2.05) is 84.9 Å². The Morgan fingerprint density at radius 3 is 0.833 bits per heavy atom. The molecule has 0 unspecified atom stereocenters. The van der Waals surface area contributed by atoms with E-state index in [1.54, 1.807) is 0 Å². The molecule has 0 bridgehead atoms. The van der Waals surface area contributed by atoms with E-state index in [1.165, 1.54) is 10.8 Å². The van der Waals surface area contributed by atoms with Gasteiger partial charge in [0, 0.05) is 10.8 Å². The van der Waals surface area contributed by atoms with Gasteiger partial charge in [0.2, 0.25) is 11.0 Å². The fraction of sp³-hybridized carbons (Fsp3) is 0.0870. The molecular weight excluding hydrogens is 1090 g/mol. The van der Waals surface area contributed by atoms with E-state index in [0.29, 0.717) is 0 Å². The van der Waals surface area contributed by atoms with Crippen LogP contribution in [0.1, 0.15) is 0 Å². The summed E-state index contributed by atoms with van der Waals surface area (Å²) < 4.78 is 27.5. The quantitative estimate of drug-likeness (QED) is 0.112. The summed E-state index contributed by atoms with van der Waals surface area (Å²) in [5, 5.41) is 2.36. The Labute approximate surface area is 441 Å². The molecule has 4 aliphatic heterocycles. The largest absolute Gasteiger partial charge is 0.647 e. The van der Waals surface area contributed by atoms with E-state index in [0.717, 1.165) is 67.4 Å². The molecule has 6 heterocycles. The zero-order valence-corrected chi connectivity index (χ0v) is 42.8. The van der Waals surface area contributed by atoms with Crippen molar-refractivity contribution in [2.45, 2.75) is 17.2 Å². The zero-order valence-electron chi connectivity index (χ0n) is 33.7. The number of fused-ring (bicyclic) bond motifs is 10. The lowest BCUT2D eigenvalue weighted by atomic mass is 9.40. The molecule has 8 aromatic rings. The van der Waals surface area contributed by atoms with Crippen LogP contribution in [0.4, 0.5) is 0 Å². The van der Waals surface area contributed by atoms with Gasteiger partial charge in [0.15, 0.2) is 17.2 Å². The number of aromatic nitrogens is 2. The Morgan fingerprint density at radius 1 is 0.303 bits per heavy atom. The van der Waals surface area contributed by atoms with Crippen LogP contribution >= 0.6 is 139 Å². The first-order valence-electron chi connectivity index (χ1n) is 19.7. The number of ether oxygens (including phenoxy) is 2. The highest BCUT2D eigenvalue weighted by molar-refractivity contribution is 6.94. The molecule has 6 nitrogen and oxygen atoms in total. The molecule has 0 atom stereocenters. The van der Waals surface area contributed by atoms with Crippen molar-refractivity contribution in [3.05, 3.63) is 170 Å². The van der Waals surface area contributed by atoms with Crippen molar-refractivity contribution in [1.29, 1.82) is 0 Å². The Balaban J connectivity index is 0.000000149. The van der Waals surface area contributed by atoms with Crippen molar-refractivity contribution in [3.8, 4) is 34.5 Å². The first kappa shape index (κ1) is 50.8. The first-order chi connectivity index (χ1) is 31.7. The highest BCUT2D eigenvalue weighted by Gasteiger charge is 2.56. The lowest BCUT2D eigenvalue weighted by molar-refractivity contribution is -0.515. The van der Waals surface area contributed by atoms with Crippen LogP contribution in [0.2, 0.25) is 0 Å². The molecule has 20 heteroatoms. The topological polar surface area (TPSA) is 44.7 Å². The summed E-state index contributed by atoms with van der Waals surface area (Å²) in [6.07, 6.45) is 4.25. The lowest BCUT2D eigenvalue weighted by Gasteiger charge is -2.37. The zero-order chi connectivity index (χ0) is 47.2. The van der Waals surface area contributed by atoms with E-state index < -0.39 is 30.1 Å². The maximum atomic E-state index is 6.75. The number of rotatable bonds is 0. The highest BCUT2D eigenvalue weighted by Crippen LogP contribution is 2.37. The third-order valence-corrected chi connectivity index (χ3v) is 10.8. The van der Waals surface area contributed by atoms with E-state index in [2.05, 4.69) is 94.1 Å². The van der Waals surface area contributed by atoms with Crippen molar-refractivity contribution in [2.24, 2.45) is 0 Å². The Morgan fingerprint density at radius 2 is 0.545 bits per heavy atom. The van der Waals surface area contributed by atoms with Gasteiger partial charge in [-0.15, -0.1) is 0 Å². The smallest absolute Gasteiger partial charge is 0.521 e. The number of para-hydroxylation sites is 6. The maximum Gasteiger partial charge on any atom is 0.521 e. The first-order valence-corrected chi connectivity index (χ1v) is 24.9. The predicted octanol–water partition coefficient (Wildman–Crippen LogP) is 13.4. The molecule has 0 saturated carbocycles. The highest BCUT2D eigenvalue weighted by atomic mass is 35.6. The number of nitrogens with zero attached hydrogens (tertiary/aromatic N) is 2. The number of hydrogen-bond donors (Lipinski definition) is 0. The van der Waals surface area contributed by atoms with Crippen LogP contribution in [-0.2, 0) is 0 Å². The fourth-order valence-electron chi connectivity index (χ4n) is 8.82. The van der Waals surface area contributed by atoms with Gasteiger partial charge in [-0.2, -0.15) is 0 Å². The van der Waals surface area contributed by atoms with Gasteiger partial charge in [-0.05, 0) is 94.6 Å². The van der Waals surface area contributed by atoms with Crippen molar-refractivity contribution in [1.82, 2.24) is 0 Å². The monoisotopic (exact) mass is 1120 g/mol. The SMILES string of the molecule is ClC(Cl)Cl.ClC(Cl)Cl.ClC(Cl)Cl.ClC(Cl)Cl.c1ccc2c(c1)Oc1ccccc1[B-]21Oc2cccc3ccc[n+]1c23.c1ccc2c(c1)Oc1ccccc1[B-]21Oc2cccc3ccc[n+]1c23. The van der Waals surface area contributed by atoms with Crippen LogP contribution < -0.4 is 49.6 Å². The van der Waals surface area contributed by atoms with Crippen LogP contribution in [0.15, 0.2) is 170 Å². The molecule has 0 N–H and O–H groups in total. The Bertz CT molecular complexity index is 2650. The second kappa shape index (κ2) is 22.6. The van der Waals surface area contributed by atoms with Crippen molar-refractivity contribution in [3.63, 3.8) is 0 Å². The molecule has 2 spiro atoms. The lowest BCUT2D eigenvalue weighted by Crippen LogP contribution is -2.81. The molecule has 340 valence electrons. The van der Waals surface area contributed by atoms with Crippen molar-refractivity contribution < 1.29 is 27.7 Å². The standard InChI is InChI=1S/2C21H14BNO2.4CHCl3/c2*1-3-11-18-16(9-1)22(17-10-2-4-12-19(17)24-18)23-14-6-8-15-7-5-13-20(25-22)21(15)23;4*2-1(3)4/h2*1-14H;4*1H. The second-order valence-corrected chi connectivity index (χ2v) is 22.2. The molecular formula is C46H32B2Cl12N2O4. The van der Waals surface area contributed by atoms with Crippen LogP contribution in [0.25, 0.3) is 21.8 Å². The van der Waals surface area contributed by atoms with Crippen LogP contribution in [-0.4, -0.2) is 30.1 Å². The van der Waals surface area contributed by atoms with Gasteiger partial charge in [-0.1, -0.05) is 224 Å². The molecule has 66 heavy (non-hydrogen) atoms. The predicted molar refractivity (Wildman–Crippen MR) is 282 cm³/mol. The van der Waals surface area contributed by atoms with Gasteiger partial charge in [-0.3, -0.25) is 0 Å². The summed E-state index contributed by atoms with van der Waals surface area (Å²) >= 11 is 57.7. The molecule has 4 aliphatic rings. The van der Waals surface area contributed by atoms with E-state index in [9.17, 15) is 0 Å². The molecule has 0 aliphatic carbocycles. The number of hydrogen-bond acceptors (Lipinski definition) is 4. The molecule has 6 aromatic carbocycles. The summed E-state index contributed by atoms with van der Waals surface area (Å²) in [4.78, 5) is 0. The minimum atomic E-state index is -1.61. The molecule has 0 saturated heterocycles. The summed E-state index contributed by atoms with van der Waals surface area (Å²) in [7, 11) is 0. The molecule has 0 fully saturated rings. The van der Waals surface area contributed by atoms with Crippen LogP contribution in [0.5, 0.6) is 34.5 Å². The summed E-state index contributed by atoms with van der Waals surface area (Å²) in [5.74, 6) is 5.28. The van der Waals surface area contributed by atoms with Crippen LogP contribution in [0, 0.1) is 0 Å². The molecule has 2 aromatic heterocycles. The minimum absolute atomic E-state index is 0.750. The summed E-state index contributed by atoms with van der Waals surface area (Å²) in [6.45, 7) is -3.22. The van der Waals surface area contributed by atoms with Gasteiger partial charge in [0.05, 0.1) is 0 Å². The fourth-order valence-corrected chi connectivity index (χ4v) is 8.82. The summed E-state index contributed by atoms with van der Waals surface area (Å²) in [5.41, 5.74) is 6.59. The number of pyridine rings is 2. The average molecular weight is 1120 g/mol. The maximum absolute atomic E-state index is 6.75. The third-order valence-electron chi connectivity index (χ3n) is 10.8. The minimum Gasteiger partial charge on any atom is -0.647 e. The van der Waals surface area contributed by atoms with E-state index in [4.69, 9.17) is 158 Å². The van der Waals surface area contributed by atoms with Gasteiger partial charge < -0.3 is 27.7 Å². The molecule has 0 amide bonds. The third kappa shape index (κ3) is 10.7. The Hall–Kier alpha value is -3.05.